The summed E-state index contributed by atoms with van der Waals surface area (Å²) < 4.78 is 18.6. The molecule has 0 saturated carbocycles. The minimum atomic E-state index is -0.937. The van der Waals surface area contributed by atoms with E-state index in [1.807, 2.05) is 0 Å². The van der Waals surface area contributed by atoms with Crippen LogP contribution in [0, 0.1) is 15.9 Å². The number of halogens is 3. The number of nitro benzene ring substituents is 1. The molecule has 6 nitrogen and oxygen atoms in total. The normalized spacial score (nSPS) is 10.2. The third kappa shape index (κ3) is 4.54. The van der Waals surface area contributed by atoms with E-state index in [0.29, 0.717) is 11.1 Å². The van der Waals surface area contributed by atoms with Crippen molar-refractivity contribution >= 4 is 40.5 Å². The molecule has 0 heterocycles. The summed E-state index contributed by atoms with van der Waals surface area (Å²) in [5.41, 5.74) is -0.123. The van der Waals surface area contributed by atoms with Crippen LogP contribution in [-0.2, 0) is 4.79 Å². The zero-order chi connectivity index (χ0) is 17.0. The van der Waals surface area contributed by atoms with Crippen LogP contribution in [0.4, 0.5) is 15.8 Å². The predicted molar refractivity (Wildman–Crippen MR) is 83.6 cm³/mol. The van der Waals surface area contributed by atoms with Gasteiger partial charge in [-0.2, -0.15) is 0 Å². The molecule has 0 bridgehead atoms. The number of non-ortho nitro benzene ring substituents is 1. The lowest BCUT2D eigenvalue weighted by molar-refractivity contribution is -0.385. The van der Waals surface area contributed by atoms with Gasteiger partial charge in [0.15, 0.2) is 18.2 Å². The van der Waals surface area contributed by atoms with E-state index in [9.17, 15) is 19.3 Å². The largest absolute Gasteiger partial charge is 0.481 e. The number of ether oxygens (including phenoxy) is 1. The van der Waals surface area contributed by atoms with Crippen LogP contribution in [0.15, 0.2) is 36.4 Å². The Morgan fingerprint density at radius 3 is 2.65 bits per heavy atom. The molecule has 0 aliphatic carbocycles. The Morgan fingerprint density at radius 1 is 1.26 bits per heavy atom. The van der Waals surface area contributed by atoms with E-state index in [0.717, 1.165) is 12.1 Å². The van der Waals surface area contributed by atoms with E-state index in [1.54, 1.807) is 6.07 Å². The van der Waals surface area contributed by atoms with Crippen molar-refractivity contribution in [2.45, 2.75) is 0 Å². The first kappa shape index (κ1) is 17.0. The van der Waals surface area contributed by atoms with Gasteiger partial charge in [0, 0.05) is 11.1 Å². The van der Waals surface area contributed by atoms with Gasteiger partial charge in [-0.3, -0.25) is 14.9 Å². The van der Waals surface area contributed by atoms with Crippen molar-refractivity contribution in [2.75, 3.05) is 11.9 Å². The second-order valence-electron chi connectivity index (χ2n) is 4.33. The molecule has 0 saturated heterocycles. The van der Waals surface area contributed by atoms with Crippen molar-refractivity contribution in [3.8, 4) is 5.75 Å². The molecular weight excluding hydrogens is 350 g/mol. The predicted octanol–water partition coefficient (Wildman–Crippen LogP) is 4.06. The van der Waals surface area contributed by atoms with Crippen LogP contribution in [0.25, 0.3) is 0 Å². The van der Waals surface area contributed by atoms with Crippen molar-refractivity contribution < 1.29 is 18.8 Å². The lowest BCUT2D eigenvalue weighted by atomic mass is 10.3. The van der Waals surface area contributed by atoms with Gasteiger partial charge in [-0.05, 0) is 24.3 Å². The van der Waals surface area contributed by atoms with E-state index >= 15 is 0 Å². The van der Waals surface area contributed by atoms with Crippen LogP contribution in [0.1, 0.15) is 0 Å². The van der Waals surface area contributed by atoms with Gasteiger partial charge in [0.25, 0.3) is 11.6 Å². The van der Waals surface area contributed by atoms with E-state index < -0.39 is 28.9 Å². The summed E-state index contributed by atoms with van der Waals surface area (Å²) in [6.07, 6.45) is 0. The fourth-order valence-electron chi connectivity index (χ4n) is 1.64. The second-order valence-corrected chi connectivity index (χ2v) is 5.18. The van der Waals surface area contributed by atoms with Gasteiger partial charge in [0.05, 0.1) is 21.7 Å². The molecule has 1 N–H and O–H groups in total. The fraction of sp³-hybridized carbons (Fsp3) is 0.0714. The first-order chi connectivity index (χ1) is 10.9. The molecule has 0 aromatic heterocycles. The molecule has 0 aliphatic rings. The lowest BCUT2D eigenvalue weighted by Gasteiger charge is -2.09. The van der Waals surface area contributed by atoms with Crippen molar-refractivity contribution in [3.05, 3.63) is 62.4 Å². The maximum Gasteiger partial charge on any atom is 0.272 e. The molecule has 2 rings (SSSR count). The zero-order valence-corrected chi connectivity index (χ0v) is 12.9. The Hall–Kier alpha value is -2.38. The number of nitrogens with one attached hydrogen (secondary N) is 1. The highest BCUT2D eigenvalue weighted by molar-refractivity contribution is 6.35. The zero-order valence-electron chi connectivity index (χ0n) is 11.4. The number of amides is 1. The van der Waals surface area contributed by atoms with Gasteiger partial charge in [-0.25, -0.2) is 4.39 Å². The van der Waals surface area contributed by atoms with Gasteiger partial charge in [0.2, 0.25) is 0 Å². The monoisotopic (exact) mass is 358 g/mol. The van der Waals surface area contributed by atoms with Gasteiger partial charge in [-0.1, -0.05) is 23.2 Å². The van der Waals surface area contributed by atoms with Crippen molar-refractivity contribution in [2.24, 2.45) is 0 Å². The average Bonchev–Trinajstić information content (AvgIpc) is 2.49. The van der Waals surface area contributed by atoms with Crippen LogP contribution >= 0.6 is 23.2 Å². The minimum absolute atomic E-state index is 0.275. The summed E-state index contributed by atoms with van der Waals surface area (Å²) >= 11 is 11.7. The Morgan fingerprint density at radius 2 is 2.00 bits per heavy atom. The van der Waals surface area contributed by atoms with Crippen LogP contribution in [-0.4, -0.2) is 17.4 Å². The summed E-state index contributed by atoms with van der Waals surface area (Å²) in [6, 6.07) is 7.38. The minimum Gasteiger partial charge on any atom is -0.481 e. The number of carbonyl (C=O) groups is 1. The maximum atomic E-state index is 13.6. The number of hydrogen-bond donors (Lipinski definition) is 1. The van der Waals surface area contributed by atoms with E-state index in [4.69, 9.17) is 27.9 Å². The number of rotatable bonds is 5. The second kappa shape index (κ2) is 7.26. The number of nitrogens with zero attached hydrogens (tertiary/aromatic N) is 1. The highest BCUT2D eigenvalue weighted by Crippen LogP contribution is 2.26. The average molecular weight is 359 g/mol. The lowest BCUT2D eigenvalue weighted by Crippen LogP contribution is -2.20. The quantitative estimate of drug-likeness (QED) is 0.645. The molecule has 9 heteroatoms. The third-order valence-electron chi connectivity index (χ3n) is 2.69. The number of hydrogen-bond acceptors (Lipinski definition) is 4. The smallest absolute Gasteiger partial charge is 0.272 e. The number of nitro groups is 1. The summed E-state index contributed by atoms with van der Waals surface area (Å²) in [5, 5.41) is 13.6. The van der Waals surface area contributed by atoms with Crippen molar-refractivity contribution in [1.82, 2.24) is 0 Å². The van der Waals surface area contributed by atoms with Crippen molar-refractivity contribution in [1.29, 1.82) is 0 Å². The molecule has 120 valence electrons. The molecule has 23 heavy (non-hydrogen) atoms. The number of anilines is 1. The summed E-state index contributed by atoms with van der Waals surface area (Å²) in [5.74, 6) is -1.80. The van der Waals surface area contributed by atoms with Crippen molar-refractivity contribution in [3.63, 3.8) is 0 Å². The summed E-state index contributed by atoms with van der Waals surface area (Å²) in [6.45, 7) is -0.502. The first-order valence-electron chi connectivity index (χ1n) is 6.18. The number of benzene rings is 2. The molecule has 0 atom stereocenters. The SMILES string of the molecule is O=C(COc1ccc([N+](=O)[O-])cc1F)Nc1cc(Cl)ccc1Cl. The Balaban J connectivity index is 1.99. The topological polar surface area (TPSA) is 81.5 Å². The number of carbonyl (C=O) groups excluding carboxylic acids is 1. The fourth-order valence-corrected chi connectivity index (χ4v) is 1.98. The van der Waals surface area contributed by atoms with E-state index in [2.05, 4.69) is 5.32 Å². The van der Waals surface area contributed by atoms with Gasteiger partial charge < -0.3 is 10.1 Å². The maximum absolute atomic E-state index is 13.6. The van der Waals surface area contributed by atoms with Crippen LogP contribution < -0.4 is 10.1 Å². The molecule has 0 fully saturated rings. The summed E-state index contributed by atoms with van der Waals surface area (Å²) in [7, 11) is 0. The Bertz CT molecular complexity index is 770. The van der Waals surface area contributed by atoms with E-state index in [-0.39, 0.29) is 16.5 Å². The molecule has 1 amide bonds. The molecule has 2 aromatic carbocycles. The molecule has 0 unspecified atom stereocenters. The highest BCUT2D eigenvalue weighted by atomic mass is 35.5. The van der Waals surface area contributed by atoms with Gasteiger partial charge in [-0.15, -0.1) is 0 Å². The van der Waals surface area contributed by atoms with Gasteiger partial charge in [0.1, 0.15) is 0 Å². The molecular formula is C14H9Cl2FN2O4. The Labute approximate surface area is 139 Å². The van der Waals surface area contributed by atoms with E-state index in [1.165, 1.54) is 12.1 Å². The summed E-state index contributed by atoms with van der Waals surface area (Å²) in [4.78, 5) is 21.5. The van der Waals surface area contributed by atoms with Gasteiger partial charge >= 0.3 is 0 Å². The Kier molecular flexibility index (Phi) is 5.36. The molecule has 0 aliphatic heterocycles. The molecule has 2 aromatic rings. The van der Waals surface area contributed by atoms with Crippen LogP contribution in [0.3, 0.4) is 0 Å². The van der Waals surface area contributed by atoms with Crippen LogP contribution in [0.5, 0.6) is 5.75 Å². The third-order valence-corrected chi connectivity index (χ3v) is 3.25. The first-order valence-corrected chi connectivity index (χ1v) is 6.94. The standard InChI is InChI=1S/C14H9Cl2FN2O4/c15-8-1-3-10(16)12(5-8)18-14(20)7-23-13-4-2-9(19(21)22)6-11(13)17/h1-6H,7H2,(H,18,20). The van der Waals surface area contributed by atoms with Crippen LogP contribution in [0.2, 0.25) is 10.0 Å². The molecule has 0 radical (unpaired) electrons. The molecule has 0 spiro atoms. The highest BCUT2D eigenvalue weighted by Gasteiger charge is 2.13.